The largest absolute Gasteiger partial charge is 0.418 e. The Morgan fingerprint density at radius 3 is 2.14 bits per heavy atom. The molecule has 3 nitrogen and oxygen atoms in total. The molecule has 0 amide bonds. The van der Waals surface area contributed by atoms with Crippen molar-refractivity contribution in [3.63, 3.8) is 0 Å². The van der Waals surface area contributed by atoms with Crippen LogP contribution in [0.15, 0.2) is 51.8 Å². The zero-order chi connectivity index (χ0) is 16.5. The zero-order valence-electron chi connectivity index (χ0n) is 10.7. The van der Waals surface area contributed by atoms with Gasteiger partial charge < -0.3 is 0 Å². The topological polar surface area (TPSA) is 46.2 Å². The fraction of sp³-hybridized carbons (Fsp3) is 0.0769. The van der Waals surface area contributed by atoms with Gasteiger partial charge in [-0.25, -0.2) is 12.8 Å². The van der Waals surface area contributed by atoms with E-state index in [9.17, 15) is 26.0 Å². The fourth-order valence-corrected chi connectivity index (χ4v) is 3.00. The molecule has 0 bridgehead atoms. The van der Waals surface area contributed by atoms with Gasteiger partial charge in [0.25, 0.3) is 10.0 Å². The van der Waals surface area contributed by atoms with Gasteiger partial charge in [0, 0.05) is 4.47 Å². The van der Waals surface area contributed by atoms with E-state index in [1.165, 1.54) is 24.3 Å². The summed E-state index contributed by atoms with van der Waals surface area (Å²) >= 11 is 3.12. The van der Waals surface area contributed by atoms with Crippen molar-refractivity contribution < 1.29 is 26.0 Å². The molecule has 2 aromatic rings. The number of benzene rings is 2. The molecule has 0 spiro atoms. The molecule has 0 radical (unpaired) electrons. The van der Waals surface area contributed by atoms with Gasteiger partial charge in [-0.15, -0.1) is 0 Å². The predicted octanol–water partition coefficient (Wildman–Crippen LogP) is 4.41. The number of alkyl halides is 3. The number of hydrogen-bond donors (Lipinski definition) is 1. The summed E-state index contributed by atoms with van der Waals surface area (Å²) in [6, 6.07) is 7.03. The maximum Gasteiger partial charge on any atom is 0.418 e. The lowest BCUT2D eigenvalue weighted by atomic mass is 10.2. The number of anilines is 1. The summed E-state index contributed by atoms with van der Waals surface area (Å²) in [6.07, 6.45) is -4.89. The highest BCUT2D eigenvalue weighted by Crippen LogP contribution is 2.36. The molecular formula is C13H8BrF4NO2S. The van der Waals surface area contributed by atoms with Gasteiger partial charge in [-0.1, -0.05) is 15.9 Å². The number of rotatable bonds is 3. The van der Waals surface area contributed by atoms with Crippen LogP contribution in [0.5, 0.6) is 0 Å². The number of hydrogen-bond acceptors (Lipinski definition) is 2. The van der Waals surface area contributed by atoms with E-state index >= 15 is 0 Å². The Labute approximate surface area is 132 Å². The van der Waals surface area contributed by atoms with Crippen LogP contribution in [0.25, 0.3) is 0 Å². The summed E-state index contributed by atoms with van der Waals surface area (Å²) in [5.74, 6) is -1.11. The van der Waals surface area contributed by atoms with Crippen molar-refractivity contribution in [2.45, 2.75) is 11.1 Å². The SMILES string of the molecule is O=S(=O)(Nc1ccc(F)cc1C(F)(F)F)c1ccc(Br)cc1. The third-order valence-corrected chi connectivity index (χ3v) is 4.57. The third kappa shape index (κ3) is 3.77. The molecule has 0 heterocycles. The summed E-state index contributed by atoms with van der Waals surface area (Å²) < 4.78 is 78.2. The van der Waals surface area contributed by atoms with Crippen molar-refractivity contribution >= 4 is 31.6 Å². The Bertz CT molecular complexity index is 789. The minimum absolute atomic E-state index is 0.215. The second kappa shape index (κ2) is 5.88. The lowest BCUT2D eigenvalue weighted by molar-refractivity contribution is -0.137. The first kappa shape index (κ1) is 16.8. The van der Waals surface area contributed by atoms with E-state index in [4.69, 9.17) is 0 Å². The van der Waals surface area contributed by atoms with Gasteiger partial charge in [-0.3, -0.25) is 4.72 Å². The Hall–Kier alpha value is -1.61. The number of sulfonamides is 1. The lowest BCUT2D eigenvalue weighted by Gasteiger charge is -2.15. The highest BCUT2D eigenvalue weighted by molar-refractivity contribution is 9.10. The van der Waals surface area contributed by atoms with Crippen molar-refractivity contribution in [2.75, 3.05) is 4.72 Å². The van der Waals surface area contributed by atoms with Crippen LogP contribution in [0.2, 0.25) is 0 Å². The van der Waals surface area contributed by atoms with E-state index in [0.717, 1.165) is 12.1 Å². The third-order valence-electron chi connectivity index (χ3n) is 2.66. The van der Waals surface area contributed by atoms with Crippen LogP contribution in [-0.2, 0) is 16.2 Å². The van der Waals surface area contributed by atoms with Crippen LogP contribution in [0, 0.1) is 5.82 Å². The van der Waals surface area contributed by atoms with Crippen molar-refractivity contribution in [1.82, 2.24) is 0 Å². The monoisotopic (exact) mass is 397 g/mol. The highest BCUT2D eigenvalue weighted by atomic mass is 79.9. The molecular weight excluding hydrogens is 390 g/mol. The summed E-state index contributed by atoms with van der Waals surface area (Å²) in [5.41, 5.74) is -2.13. The molecule has 2 aromatic carbocycles. The van der Waals surface area contributed by atoms with Crippen LogP contribution in [-0.4, -0.2) is 8.42 Å². The minimum Gasteiger partial charge on any atom is -0.279 e. The minimum atomic E-state index is -4.89. The standard InChI is InChI=1S/C13H8BrF4NO2S/c14-8-1-4-10(5-2-8)22(20,21)19-12-6-3-9(15)7-11(12)13(16,17)18/h1-7,19H. The Morgan fingerprint density at radius 2 is 1.59 bits per heavy atom. The van der Waals surface area contributed by atoms with E-state index < -0.39 is 33.3 Å². The van der Waals surface area contributed by atoms with E-state index in [-0.39, 0.29) is 11.0 Å². The molecule has 0 aliphatic rings. The Balaban J connectivity index is 2.44. The van der Waals surface area contributed by atoms with Crippen LogP contribution >= 0.6 is 15.9 Å². The van der Waals surface area contributed by atoms with Crippen LogP contribution in [0.1, 0.15) is 5.56 Å². The summed E-state index contributed by atoms with van der Waals surface area (Å²) in [7, 11) is -4.22. The summed E-state index contributed by atoms with van der Waals surface area (Å²) in [6.45, 7) is 0. The van der Waals surface area contributed by atoms with Crippen LogP contribution in [0.3, 0.4) is 0 Å². The summed E-state index contributed by atoms with van der Waals surface area (Å²) in [5, 5.41) is 0. The smallest absolute Gasteiger partial charge is 0.279 e. The quantitative estimate of drug-likeness (QED) is 0.779. The van der Waals surface area contributed by atoms with Crippen molar-refractivity contribution in [3.05, 3.63) is 58.3 Å². The van der Waals surface area contributed by atoms with E-state index in [1.54, 1.807) is 0 Å². The van der Waals surface area contributed by atoms with Gasteiger partial charge >= 0.3 is 6.18 Å². The average molecular weight is 398 g/mol. The van der Waals surface area contributed by atoms with Crippen molar-refractivity contribution in [2.24, 2.45) is 0 Å². The molecule has 1 N–H and O–H groups in total. The van der Waals surface area contributed by atoms with Gasteiger partial charge in [-0.05, 0) is 42.5 Å². The molecule has 9 heteroatoms. The van der Waals surface area contributed by atoms with Gasteiger partial charge in [0.2, 0.25) is 0 Å². The molecule has 0 aliphatic carbocycles. The second-order valence-electron chi connectivity index (χ2n) is 4.25. The molecule has 0 aliphatic heterocycles. The zero-order valence-corrected chi connectivity index (χ0v) is 13.1. The molecule has 0 saturated carbocycles. The molecule has 22 heavy (non-hydrogen) atoms. The fourth-order valence-electron chi connectivity index (χ4n) is 1.66. The molecule has 2 rings (SSSR count). The molecule has 0 atom stereocenters. The maximum atomic E-state index is 13.0. The first-order valence-corrected chi connectivity index (χ1v) is 8.02. The predicted molar refractivity (Wildman–Crippen MR) is 76.4 cm³/mol. The normalized spacial score (nSPS) is 12.2. The van der Waals surface area contributed by atoms with E-state index in [0.29, 0.717) is 4.47 Å². The maximum absolute atomic E-state index is 13.0. The van der Waals surface area contributed by atoms with Gasteiger partial charge in [0.15, 0.2) is 0 Å². The van der Waals surface area contributed by atoms with Crippen molar-refractivity contribution in [1.29, 1.82) is 0 Å². The highest BCUT2D eigenvalue weighted by Gasteiger charge is 2.35. The molecule has 0 fully saturated rings. The Morgan fingerprint density at radius 1 is 1.00 bits per heavy atom. The molecule has 118 valence electrons. The van der Waals surface area contributed by atoms with E-state index in [2.05, 4.69) is 15.9 Å². The molecule has 0 saturated heterocycles. The first-order valence-electron chi connectivity index (χ1n) is 5.75. The molecule has 0 unspecified atom stereocenters. The Kier molecular flexibility index (Phi) is 4.48. The van der Waals surface area contributed by atoms with Gasteiger partial charge in [0.1, 0.15) is 5.82 Å². The molecule has 0 aromatic heterocycles. The summed E-state index contributed by atoms with van der Waals surface area (Å²) in [4.78, 5) is -0.215. The number of nitrogens with one attached hydrogen (secondary N) is 1. The van der Waals surface area contributed by atoms with E-state index in [1.807, 2.05) is 4.72 Å². The lowest BCUT2D eigenvalue weighted by Crippen LogP contribution is -2.17. The van der Waals surface area contributed by atoms with Gasteiger partial charge in [-0.2, -0.15) is 13.2 Å². The van der Waals surface area contributed by atoms with Crippen LogP contribution in [0.4, 0.5) is 23.2 Å². The second-order valence-corrected chi connectivity index (χ2v) is 6.85. The number of halogens is 5. The first-order chi connectivity index (χ1) is 10.1. The van der Waals surface area contributed by atoms with Crippen LogP contribution < -0.4 is 4.72 Å². The average Bonchev–Trinajstić information content (AvgIpc) is 2.40. The van der Waals surface area contributed by atoms with Gasteiger partial charge in [0.05, 0.1) is 16.1 Å². The van der Waals surface area contributed by atoms with Crippen molar-refractivity contribution in [3.8, 4) is 0 Å².